The van der Waals surface area contributed by atoms with Crippen LogP contribution in [0.2, 0.25) is 10.0 Å². The van der Waals surface area contributed by atoms with Gasteiger partial charge in [-0.1, -0.05) is 23.2 Å². The number of hydrogen-bond donors (Lipinski definition) is 2. The van der Waals surface area contributed by atoms with Crippen LogP contribution in [0.4, 0.5) is 24.7 Å². The normalized spacial score (nSPS) is 14.0. The molecule has 0 saturated carbocycles. The van der Waals surface area contributed by atoms with Crippen molar-refractivity contribution in [2.24, 2.45) is 0 Å². The molecule has 1 aliphatic rings. The number of fused-ring (bicyclic) bond motifs is 1. The van der Waals surface area contributed by atoms with Crippen molar-refractivity contribution in [2.45, 2.75) is 12.7 Å². The van der Waals surface area contributed by atoms with E-state index in [9.17, 15) is 13.2 Å². The summed E-state index contributed by atoms with van der Waals surface area (Å²) in [6.07, 6.45) is -4.62. The lowest BCUT2D eigenvalue weighted by molar-refractivity contribution is -0.144. The first-order valence-corrected chi connectivity index (χ1v) is 8.87. The number of H-pyrrole nitrogens is 1. The molecule has 0 unspecified atom stereocenters. The van der Waals surface area contributed by atoms with Crippen LogP contribution >= 0.6 is 23.2 Å². The Balaban J connectivity index is 1.67. The molecule has 0 aliphatic carbocycles. The first-order valence-electron chi connectivity index (χ1n) is 8.12. The van der Waals surface area contributed by atoms with Crippen molar-refractivity contribution in [2.75, 3.05) is 23.3 Å². The van der Waals surface area contributed by atoms with E-state index in [2.05, 4.69) is 25.6 Å². The van der Waals surface area contributed by atoms with Gasteiger partial charge in [0.15, 0.2) is 5.82 Å². The third kappa shape index (κ3) is 3.69. The standard InChI is InChI=1S/C16H12Cl2F3N7/c17-9-1-2-10(18)8(5-9)7-28-4-3-22-14-12(28)6-11(24-26-14)13-23-15(27-25-13)16(19,20)21/h1-2,5-6H,3-4,7H2,(H,22,26)(H,23,25,27). The minimum absolute atomic E-state index is 0.122. The van der Waals surface area contributed by atoms with Gasteiger partial charge in [0.05, 0.1) is 5.69 Å². The monoisotopic (exact) mass is 429 g/mol. The van der Waals surface area contributed by atoms with Gasteiger partial charge in [0.1, 0.15) is 5.69 Å². The van der Waals surface area contributed by atoms with Crippen LogP contribution in [0.25, 0.3) is 11.5 Å². The maximum Gasteiger partial charge on any atom is 0.451 e. The van der Waals surface area contributed by atoms with Crippen molar-refractivity contribution in [1.82, 2.24) is 25.4 Å². The van der Waals surface area contributed by atoms with Gasteiger partial charge in [-0.15, -0.1) is 10.2 Å². The first-order chi connectivity index (χ1) is 13.3. The number of hydrogen-bond acceptors (Lipinski definition) is 6. The molecule has 0 atom stereocenters. The summed E-state index contributed by atoms with van der Waals surface area (Å²) in [6.45, 7) is 1.70. The number of aromatic amines is 1. The topological polar surface area (TPSA) is 82.6 Å². The molecule has 7 nitrogen and oxygen atoms in total. The Morgan fingerprint density at radius 3 is 2.71 bits per heavy atom. The number of aromatic nitrogens is 5. The first kappa shape index (κ1) is 18.8. The average Bonchev–Trinajstić information content (AvgIpc) is 3.15. The minimum Gasteiger partial charge on any atom is -0.365 e. The summed E-state index contributed by atoms with van der Waals surface area (Å²) in [7, 11) is 0. The van der Waals surface area contributed by atoms with Crippen LogP contribution < -0.4 is 10.2 Å². The lowest BCUT2D eigenvalue weighted by atomic mass is 10.1. The highest BCUT2D eigenvalue weighted by Gasteiger charge is 2.35. The molecule has 0 bridgehead atoms. The van der Waals surface area contributed by atoms with Crippen molar-refractivity contribution in [3.8, 4) is 11.5 Å². The summed E-state index contributed by atoms with van der Waals surface area (Å²) >= 11 is 12.3. The number of rotatable bonds is 3. The molecule has 12 heteroatoms. The molecule has 1 aliphatic heterocycles. The molecule has 0 fully saturated rings. The summed E-state index contributed by atoms with van der Waals surface area (Å²) in [5.74, 6) is -0.864. The zero-order valence-electron chi connectivity index (χ0n) is 14.1. The largest absolute Gasteiger partial charge is 0.451 e. The van der Waals surface area contributed by atoms with Crippen molar-refractivity contribution < 1.29 is 13.2 Å². The van der Waals surface area contributed by atoms with E-state index in [0.29, 0.717) is 41.2 Å². The number of alkyl halides is 3. The Labute approximate surface area is 166 Å². The summed E-state index contributed by atoms with van der Waals surface area (Å²) in [4.78, 5) is 5.45. The van der Waals surface area contributed by atoms with Crippen molar-refractivity contribution in [3.05, 3.63) is 45.7 Å². The van der Waals surface area contributed by atoms with E-state index in [0.717, 1.165) is 5.56 Å². The van der Waals surface area contributed by atoms with Gasteiger partial charge in [0.2, 0.25) is 11.6 Å². The minimum atomic E-state index is -4.62. The smallest absolute Gasteiger partial charge is 0.365 e. The lowest BCUT2D eigenvalue weighted by Gasteiger charge is -2.31. The van der Waals surface area contributed by atoms with Gasteiger partial charge in [-0.2, -0.15) is 18.3 Å². The highest BCUT2D eigenvalue weighted by atomic mass is 35.5. The Morgan fingerprint density at radius 2 is 1.96 bits per heavy atom. The number of nitrogens with one attached hydrogen (secondary N) is 2. The molecular formula is C16H12Cl2F3N7. The van der Waals surface area contributed by atoms with Crippen molar-refractivity contribution in [3.63, 3.8) is 0 Å². The van der Waals surface area contributed by atoms with E-state index in [1.54, 1.807) is 24.3 Å². The fourth-order valence-electron chi connectivity index (χ4n) is 2.83. The fourth-order valence-corrected chi connectivity index (χ4v) is 3.20. The highest BCUT2D eigenvalue weighted by molar-refractivity contribution is 6.33. The molecule has 146 valence electrons. The lowest BCUT2D eigenvalue weighted by Crippen LogP contribution is -2.34. The van der Waals surface area contributed by atoms with E-state index in [1.807, 2.05) is 10.00 Å². The third-order valence-electron chi connectivity index (χ3n) is 4.14. The zero-order valence-corrected chi connectivity index (χ0v) is 15.6. The van der Waals surface area contributed by atoms with Crippen LogP contribution in [0.1, 0.15) is 11.4 Å². The van der Waals surface area contributed by atoms with Crippen LogP contribution in [0.3, 0.4) is 0 Å². The second-order valence-corrected chi connectivity index (χ2v) is 6.90. The summed E-state index contributed by atoms with van der Waals surface area (Å²) in [5.41, 5.74) is 1.60. The van der Waals surface area contributed by atoms with E-state index < -0.39 is 12.0 Å². The molecule has 28 heavy (non-hydrogen) atoms. The SMILES string of the molecule is FC(F)(F)c1nc(-c2cc3c(nn2)NCCN3Cc2cc(Cl)ccc2Cl)n[nH]1. The van der Waals surface area contributed by atoms with E-state index in [4.69, 9.17) is 23.2 Å². The number of nitrogens with zero attached hydrogens (tertiary/aromatic N) is 5. The number of anilines is 2. The van der Waals surface area contributed by atoms with Crippen molar-refractivity contribution >= 4 is 34.7 Å². The summed E-state index contributed by atoms with van der Waals surface area (Å²) in [6, 6.07) is 6.78. The van der Waals surface area contributed by atoms with E-state index in [1.165, 1.54) is 0 Å². The molecule has 3 heterocycles. The highest BCUT2D eigenvalue weighted by Crippen LogP contribution is 2.33. The van der Waals surface area contributed by atoms with Crippen LogP contribution in [0, 0.1) is 0 Å². The second kappa shape index (κ2) is 7.10. The van der Waals surface area contributed by atoms with Crippen LogP contribution in [-0.4, -0.2) is 38.5 Å². The predicted molar refractivity (Wildman–Crippen MR) is 98.4 cm³/mol. The Kier molecular flexibility index (Phi) is 4.76. The van der Waals surface area contributed by atoms with Crippen LogP contribution in [-0.2, 0) is 12.7 Å². The molecule has 1 aromatic carbocycles. The van der Waals surface area contributed by atoms with Gasteiger partial charge >= 0.3 is 6.18 Å². The number of halogens is 5. The van der Waals surface area contributed by atoms with Gasteiger partial charge in [-0.3, -0.25) is 5.10 Å². The summed E-state index contributed by atoms with van der Waals surface area (Å²) in [5, 5.41) is 17.7. The number of benzene rings is 1. The maximum atomic E-state index is 12.8. The average molecular weight is 430 g/mol. The quantitative estimate of drug-likeness (QED) is 0.654. The Morgan fingerprint density at radius 1 is 1.14 bits per heavy atom. The van der Waals surface area contributed by atoms with Gasteiger partial charge in [-0.05, 0) is 29.8 Å². The van der Waals surface area contributed by atoms with E-state index in [-0.39, 0.29) is 11.5 Å². The van der Waals surface area contributed by atoms with E-state index >= 15 is 0 Å². The Bertz CT molecular complexity index is 1020. The fraction of sp³-hybridized carbons (Fsp3) is 0.250. The molecule has 2 N–H and O–H groups in total. The molecule has 0 amide bonds. The predicted octanol–water partition coefficient (Wildman–Crippen LogP) is 4.02. The van der Waals surface area contributed by atoms with Gasteiger partial charge < -0.3 is 10.2 Å². The third-order valence-corrected chi connectivity index (χ3v) is 4.74. The maximum absolute atomic E-state index is 12.8. The second-order valence-electron chi connectivity index (χ2n) is 6.05. The Hall–Kier alpha value is -2.59. The van der Waals surface area contributed by atoms with Crippen LogP contribution in [0.5, 0.6) is 0 Å². The molecule has 0 radical (unpaired) electrons. The molecule has 3 aromatic rings. The molecule has 0 spiro atoms. The van der Waals surface area contributed by atoms with Crippen molar-refractivity contribution in [1.29, 1.82) is 0 Å². The molecule has 2 aromatic heterocycles. The zero-order chi connectivity index (χ0) is 19.9. The molecule has 4 rings (SSSR count). The molecule has 0 saturated heterocycles. The van der Waals surface area contributed by atoms with Gasteiger partial charge in [-0.25, -0.2) is 4.98 Å². The molecular weight excluding hydrogens is 418 g/mol. The van der Waals surface area contributed by atoms with Gasteiger partial charge in [0.25, 0.3) is 0 Å². The van der Waals surface area contributed by atoms with Gasteiger partial charge in [0, 0.05) is 29.7 Å². The summed E-state index contributed by atoms with van der Waals surface area (Å²) < 4.78 is 38.3. The van der Waals surface area contributed by atoms with Crippen LogP contribution in [0.15, 0.2) is 24.3 Å².